The third-order valence-corrected chi connectivity index (χ3v) is 5.44. The van der Waals surface area contributed by atoms with Crippen molar-refractivity contribution in [3.05, 3.63) is 0 Å². The molecule has 0 aromatic carbocycles. The first-order chi connectivity index (χ1) is 8.24. The van der Waals surface area contributed by atoms with Gasteiger partial charge >= 0.3 is 0 Å². The summed E-state index contributed by atoms with van der Waals surface area (Å²) >= 11 is 0. The number of rotatable bonds is 6. The lowest BCUT2D eigenvalue weighted by Gasteiger charge is -2.40. The monoisotopic (exact) mass is 258 g/mol. The van der Waals surface area contributed by atoms with Gasteiger partial charge in [-0.2, -0.15) is 0 Å². The SMILES string of the molecule is CCC1CNC(C2CC2)CN1CCS(=O)CC. The van der Waals surface area contributed by atoms with E-state index in [-0.39, 0.29) is 0 Å². The maximum atomic E-state index is 11.5. The Kier molecular flexibility index (Phi) is 5.00. The van der Waals surface area contributed by atoms with Crippen molar-refractivity contribution in [1.82, 2.24) is 10.2 Å². The molecule has 3 nitrogen and oxygen atoms in total. The minimum Gasteiger partial charge on any atom is -0.311 e. The molecule has 1 aliphatic carbocycles. The molecule has 1 N–H and O–H groups in total. The van der Waals surface area contributed by atoms with Crippen LogP contribution in [0, 0.1) is 5.92 Å². The predicted octanol–water partition coefficient (Wildman–Crippen LogP) is 1.22. The lowest BCUT2D eigenvalue weighted by Crippen LogP contribution is -2.57. The van der Waals surface area contributed by atoms with E-state index in [0.717, 1.165) is 30.5 Å². The van der Waals surface area contributed by atoms with Crippen LogP contribution in [0.1, 0.15) is 33.1 Å². The third-order valence-electron chi connectivity index (χ3n) is 4.15. The van der Waals surface area contributed by atoms with Gasteiger partial charge in [0.1, 0.15) is 0 Å². The van der Waals surface area contributed by atoms with Crippen molar-refractivity contribution in [2.45, 2.75) is 45.2 Å². The molecule has 0 amide bonds. The molecule has 1 aliphatic heterocycles. The zero-order valence-corrected chi connectivity index (χ0v) is 12.0. The van der Waals surface area contributed by atoms with Gasteiger partial charge in [-0.3, -0.25) is 9.11 Å². The lowest BCUT2D eigenvalue weighted by molar-refractivity contribution is 0.127. The summed E-state index contributed by atoms with van der Waals surface area (Å²) in [6.07, 6.45) is 4.01. The molecule has 100 valence electrons. The molecular weight excluding hydrogens is 232 g/mol. The number of nitrogens with one attached hydrogen (secondary N) is 1. The smallest absolute Gasteiger partial charge is 0.0362 e. The summed E-state index contributed by atoms with van der Waals surface area (Å²) in [6.45, 7) is 7.58. The van der Waals surface area contributed by atoms with Crippen molar-refractivity contribution >= 4 is 10.8 Å². The summed E-state index contributed by atoms with van der Waals surface area (Å²) in [6, 6.07) is 1.35. The Balaban J connectivity index is 1.83. The summed E-state index contributed by atoms with van der Waals surface area (Å²) < 4.78 is 11.5. The number of nitrogens with zero attached hydrogens (tertiary/aromatic N) is 1. The first-order valence-corrected chi connectivity index (χ1v) is 8.55. The number of hydrogen-bond acceptors (Lipinski definition) is 3. The molecular formula is C13H26N2OS. The fourth-order valence-electron chi connectivity index (χ4n) is 2.74. The molecule has 1 saturated carbocycles. The van der Waals surface area contributed by atoms with Crippen LogP contribution in [0.4, 0.5) is 0 Å². The van der Waals surface area contributed by atoms with Crippen LogP contribution in [0.3, 0.4) is 0 Å². The van der Waals surface area contributed by atoms with Gasteiger partial charge in [-0.25, -0.2) is 0 Å². The van der Waals surface area contributed by atoms with Gasteiger partial charge in [0.2, 0.25) is 0 Å². The first kappa shape index (κ1) is 13.5. The van der Waals surface area contributed by atoms with Gasteiger partial charge < -0.3 is 5.32 Å². The van der Waals surface area contributed by atoms with E-state index in [2.05, 4.69) is 17.1 Å². The van der Waals surface area contributed by atoms with E-state index in [1.54, 1.807) is 0 Å². The average molecular weight is 258 g/mol. The van der Waals surface area contributed by atoms with Crippen LogP contribution in [-0.2, 0) is 10.8 Å². The molecule has 0 spiro atoms. The first-order valence-electron chi connectivity index (χ1n) is 7.07. The van der Waals surface area contributed by atoms with Crippen LogP contribution >= 0.6 is 0 Å². The average Bonchev–Trinajstić information content (AvgIpc) is 3.19. The summed E-state index contributed by atoms with van der Waals surface area (Å²) in [5.41, 5.74) is 0. The predicted molar refractivity (Wildman–Crippen MR) is 73.7 cm³/mol. The topological polar surface area (TPSA) is 32.3 Å². The van der Waals surface area contributed by atoms with Crippen LogP contribution in [-0.4, -0.2) is 52.3 Å². The Morgan fingerprint density at radius 2 is 2.12 bits per heavy atom. The van der Waals surface area contributed by atoms with Gasteiger partial charge in [-0.05, 0) is 25.2 Å². The second-order valence-electron chi connectivity index (χ2n) is 5.34. The molecule has 4 heteroatoms. The zero-order valence-electron chi connectivity index (χ0n) is 11.2. The summed E-state index contributed by atoms with van der Waals surface area (Å²) in [4.78, 5) is 2.58. The Labute approximate surface area is 108 Å². The molecule has 0 radical (unpaired) electrons. The molecule has 0 bridgehead atoms. The van der Waals surface area contributed by atoms with Crippen LogP contribution in [0.25, 0.3) is 0 Å². The van der Waals surface area contributed by atoms with Gasteiger partial charge in [0, 0.05) is 54.0 Å². The Bertz CT molecular complexity index is 268. The molecule has 2 fully saturated rings. The molecule has 3 unspecified atom stereocenters. The highest BCUT2D eigenvalue weighted by Gasteiger charge is 2.36. The highest BCUT2D eigenvalue weighted by Crippen LogP contribution is 2.34. The van der Waals surface area contributed by atoms with Crippen molar-refractivity contribution in [2.24, 2.45) is 5.92 Å². The maximum Gasteiger partial charge on any atom is 0.0362 e. The van der Waals surface area contributed by atoms with Crippen molar-refractivity contribution in [3.8, 4) is 0 Å². The highest BCUT2D eigenvalue weighted by atomic mass is 32.2. The van der Waals surface area contributed by atoms with Crippen molar-refractivity contribution in [3.63, 3.8) is 0 Å². The molecule has 1 heterocycles. The third kappa shape index (κ3) is 3.76. The second-order valence-corrected chi connectivity index (χ2v) is 7.21. The van der Waals surface area contributed by atoms with Crippen LogP contribution in [0.2, 0.25) is 0 Å². The van der Waals surface area contributed by atoms with E-state index in [1.807, 2.05) is 6.92 Å². The van der Waals surface area contributed by atoms with Gasteiger partial charge in [0.25, 0.3) is 0 Å². The van der Waals surface area contributed by atoms with E-state index in [4.69, 9.17) is 0 Å². The van der Waals surface area contributed by atoms with Gasteiger partial charge in [0.05, 0.1) is 0 Å². The van der Waals surface area contributed by atoms with Crippen LogP contribution in [0.5, 0.6) is 0 Å². The molecule has 3 atom stereocenters. The van der Waals surface area contributed by atoms with E-state index in [1.165, 1.54) is 25.8 Å². The van der Waals surface area contributed by atoms with Crippen LogP contribution < -0.4 is 5.32 Å². The van der Waals surface area contributed by atoms with Gasteiger partial charge in [-0.1, -0.05) is 13.8 Å². The number of piperazine rings is 1. The largest absolute Gasteiger partial charge is 0.311 e. The van der Waals surface area contributed by atoms with Gasteiger partial charge in [-0.15, -0.1) is 0 Å². The van der Waals surface area contributed by atoms with E-state index in [9.17, 15) is 4.21 Å². The number of hydrogen-bond donors (Lipinski definition) is 1. The minimum atomic E-state index is -0.614. The summed E-state index contributed by atoms with van der Waals surface area (Å²) in [7, 11) is -0.614. The maximum absolute atomic E-state index is 11.5. The molecule has 2 aliphatic rings. The van der Waals surface area contributed by atoms with E-state index < -0.39 is 10.8 Å². The van der Waals surface area contributed by atoms with Crippen molar-refractivity contribution in [2.75, 3.05) is 31.1 Å². The normalized spacial score (nSPS) is 32.6. The van der Waals surface area contributed by atoms with Crippen molar-refractivity contribution in [1.29, 1.82) is 0 Å². The Morgan fingerprint density at radius 3 is 2.71 bits per heavy atom. The highest BCUT2D eigenvalue weighted by molar-refractivity contribution is 7.84. The molecule has 17 heavy (non-hydrogen) atoms. The molecule has 0 aromatic heterocycles. The zero-order chi connectivity index (χ0) is 12.3. The minimum absolute atomic E-state index is 0.614. The van der Waals surface area contributed by atoms with Crippen molar-refractivity contribution < 1.29 is 4.21 Å². The van der Waals surface area contributed by atoms with E-state index >= 15 is 0 Å². The quantitative estimate of drug-likeness (QED) is 0.777. The van der Waals surface area contributed by atoms with E-state index in [0.29, 0.717) is 12.1 Å². The Morgan fingerprint density at radius 1 is 1.35 bits per heavy atom. The van der Waals surface area contributed by atoms with Gasteiger partial charge in [0.15, 0.2) is 0 Å². The fourth-order valence-corrected chi connectivity index (χ4v) is 3.46. The second kappa shape index (κ2) is 6.30. The summed E-state index contributed by atoms with van der Waals surface area (Å²) in [5.74, 6) is 2.58. The van der Waals surface area contributed by atoms with Crippen LogP contribution in [0.15, 0.2) is 0 Å². The molecule has 1 saturated heterocycles. The summed E-state index contributed by atoms with van der Waals surface area (Å²) in [5, 5.41) is 3.70. The standard InChI is InChI=1S/C13H26N2OS/c1-3-12-9-14-13(11-5-6-11)10-15(12)7-8-17(16)4-2/h11-14H,3-10H2,1-2H3. The Hall–Kier alpha value is 0.0700. The fraction of sp³-hybridized carbons (Fsp3) is 1.00. The molecule has 2 rings (SSSR count). The lowest BCUT2D eigenvalue weighted by atomic mass is 10.0. The molecule has 0 aromatic rings.